The van der Waals surface area contributed by atoms with Gasteiger partial charge in [-0.05, 0) is 30.4 Å². The number of benzene rings is 2. The van der Waals surface area contributed by atoms with E-state index in [1.54, 1.807) is 0 Å². The molecule has 148 valence electrons. The quantitative estimate of drug-likeness (QED) is 0.889. The molecule has 1 amide bonds. The number of nitrogens with zero attached hydrogens (tertiary/aromatic N) is 2. The van der Waals surface area contributed by atoms with E-state index in [4.69, 9.17) is 0 Å². The number of rotatable bonds is 4. The van der Waals surface area contributed by atoms with Gasteiger partial charge in [0.05, 0.1) is 12.5 Å². The summed E-state index contributed by atoms with van der Waals surface area (Å²) in [7, 11) is 0. The van der Waals surface area contributed by atoms with E-state index in [2.05, 4.69) is 29.2 Å². The molecule has 1 spiro atoms. The zero-order valence-electron chi connectivity index (χ0n) is 16.5. The molecule has 2 fully saturated rings. The van der Waals surface area contributed by atoms with Crippen LogP contribution in [0.25, 0.3) is 0 Å². The van der Waals surface area contributed by atoms with Gasteiger partial charge in [-0.3, -0.25) is 9.69 Å². The van der Waals surface area contributed by atoms with Crippen LogP contribution in [-0.2, 0) is 17.8 Å². The van der Waals surface area contributed by atoms with Gasteiger partial charge in [0.2, 0.25) is 5.91 Å². The number of amides is 1. The van der Waals surface area contributed by atoms with Crippen LogP contribution < -0.4 is 0 Å². The lowest BCUT2D eigenvalue weighted by molar-refractivity contribution is -0.140. The average Bonchev–Trinajstić information content (AvgIpc) is 2.72. The van der Waals surface area contributed by atoms with Gasteiger partial charge in [-0.1, -0.05) is 60.7 Å². The zero-order valence-corrected chi connectivity index (χ0v) is 16.5. The summed E-state index contributed by atoms with van der Waals surface area (Å²) >= 11 is 0. The van der Waals surface area contributed by atoms with Crippen LogP contribution in [-0.4, -0.2) is 53.1 Å². The molecule has 2 aromatic carbocycles. The van der Waals surface area contributed by atoms with Gasteiger partial charge in [0.25, 0.3) is 0 Å². The van der Waals surface area contributed by atoms with Crippen molar-refractivity contribution in [1.82, 2.24) is 9.80 Å². The minimum Gasteiger partial charge on any atom is -0.392 e. The third-order valence-corrected chi connectivity index (χ3v) is 6.37. The highest BCUT2D eigenvalue weighted by Crippen LogP contribution is 2.39. The Morgan fingerprint density at radius 2 is 1.64 bits per heavy atom. The van der Waals surface area contributed by atoms with Crippen molar-refractivity contribution in [2.24, 2.45) is 5.41 Å². The Morgan fingerprint density at radius 1 is 0.964 bits per heavy atom. The average molecular weight is 379 g/mol. The molecule has 0 saturated carbocycles. The van der Waals surface area contributed by atoms with Crippen LogP contribution in [0.1, 0.15) is 30.4 Å². The van der Waals surface area contributed by atoms with Crippen LogP contribution in [0.3, 0.4) is 0 Å². The molecule has 28 heavy (non-hydrogen) atoms. The monoisotopic (exact) mass is 378 g/mol. The van der Waals surface area contributed by atoms with Gasteiger partial charge in [0.1, 0.15) is 0 Å². The van der Waals surface area contributed by atoms with E-state index < -0.39 is 0 Å². The van der Waals surface area contributed by atoms with Crippen molar-refractivity contribution in [3.8, 4) is 0 Å². The molecular formula is C24H30N2O2. The number of carbonyl (C=O) groups is 1. The summed E-state index contributed by atoms with van der Waals surface area (Å²) in [6, 6.07) is 20.5. The Hall–Kier alpha value is -2.17. The van der Waals surface area contributed by atoms with Crippen LogP contribution in [0.2, 0.25) is 0 Å². The highest BCUT2D eigenvalue weighted by Gasteiger charge is 2.46. The van der Waals surface area contributed by atoms with Crippen molar-refractivity contribution in [1.29, 1.82) is 0 Å². The fraction of sp³-hybridized carbons (Fsp3) is 0.458. The van der Waals surface area contributed by atoms with E-state index in [1.807, 2.05) is 41.3 Å². The lowest BCUT2D eigenvalue weighted by Gasteiger charge is -2.51. The summed E-state index contributed by atoms with van der Waals surface area (Å²) in [5.41, 5.74) is 2.17. The zero-order chi connectivity index (χ0) is 19.4. The summed E-state index contributed by atoms with van der Waals surface area (Å²) in [4.78, 5) is 17.3. The van der Waals surface area contributed by atoms with Crippen LogP contribution in [0, 0.1) is 5.41 Å². The third kappa shape index (κ3) is 4.29. The van der Waals surface area contributed by atoms with Crippen LogP contribution in [0.4, 0.5) is 0 Å². The molecule has 4 nitrogen and oxygen atoms in total. The third-order valence-electron chi connectivity index (χ3n) is 6.37. The number of aliphatic hydroxyl groups excluding tert-OH is 1. The molecular weight excluding hydrogens is 348 g/mol. The smallest absolute Gasteiger partial charge is 0.227 e. The van der Waals surface area contributed by atoms with Gasteiger partial charge in [-0.2, -0.15) is 0 Å². The Balaban J connectivity index is 1.43. The maximum atomic E-state index is 12.9. The normalized spacial score (nSPS) is 25.8. The Labute approximate surface area is 167 Å². The Kier molecular flexibility index (Phi) is 5.79. The summed E-state index contributed by atoms with van der Waals surface area (Å²) in [5, 5.41) is 10.9. The van der Waals surface area contributed by atoms with Crippen molar-refractivity contribution in [2.45, 2.75) is 38.3 Å². The number of likely N-dealkylation sites (tertiary alicyclic amines) is 2. The first-order valence-corrected chi connectivity index (χ1v) is 10.4. The summed E-state index contributed by atoms with van der Waals surface area (Å²) in [6.07, 6.45) is 2.87. The Bertz CT molecular complexity index is 780. The number of piperidine rings is 2. The molecule has 4 rings (SSSR count). The number of carbonyl (C=O) groups excluding carboxylic acids is 1. The van der Waals surface area contributed by atoms with Gasteiger partial charge < -0.3 is 10.0 Å². The molecule has 0 radical (unpaired) electrons. The van der Waals surface area contributed by atoms with E-state index in [9.17, 15) is 9.90 Å². The molecule has 4 heteroatoms. The van der Waals surface area contributed by atoms with Gasteiger partial charge in [-0.15, -0.1) is 0 Å². The van der Waals surface area contributed by atoms with Crippen LogP contribution >= 0.6 is 0 Å². The van der Waals surface area contributed by atoms with E-state index in [0.29, 0.717) is 13.0 Å². The molecule has 2 aromatic rings. The number of aliphatic hydroxyl groups is 1. The minimum absolute atomic E-state index is 0.178. The van der Waals surface area contributed by atoms with Crippen molar-refractivity contribution >= 4 is 5.91 Å². The van der Waals surface area contributed by atoms with Crippen molar-refractivity contribution in [2.75, 3.05) is 26.2 Å². The minimum atomic E-state index is -0.327. The molecule has 0 bridgehead atoms. The second kappa shape index (κ2) is 8.46. The molecule has 0 aromatic heterocycles. The highest BCUT2D eigenvalue weighted by atomic mass is 16.3. The predicted molar refractivity (Wildman–Crippen MR) is 111 cm³/mol. The van der Waals surface area contributed by atoms with Gasteiger partial charge in [0, 0.05) is 38.1 Å². The summed E-state index contributed by atoms with van der Waals surface area (Å²) in [6.45, 7) is 4.16. The molecule has 2 aliphatic heterocycles. The fourth-order valence-corrected chi connectivity index (χ4v) is 4.87. The molecule has 1 N–H and O–H groups in total. The van der Waals surface area contributed by atoms with Crippen LogP contribution in [0.5, 0.6) is 0 Å². The first kappa shape index (κ1) is 19.2. The van der Waals surface area contributed by atoms with Crippen molar-refractivity contribution < 1.29 is 9.90 Å². The van der Waals surface area contributed by atoms with E-state index in [0.717, 1.165) is 51.0 Å². The number of hydrogen-bond acceptors (Lipinski definition) is 3. The van der Waals surface area contributed by atoms with Gasteiger partial charge in [-0.25, -0.2) is 0 Å². The van der Waals surface area contributed by atoms with E-state index >= 15 is 0 Å². The molecule has 2 atom stereocenters. The van der Waals surface area contributed by atoms with Gasteiger partial charge >= 0.3 is 0 Å². The second-order valence-corrected chi connectivity index (χ2v) is 8.44. The van der Waals surface area contributed by atoms with E-state index in [-0.39, 0.29) is 17.4 Å². The molecule has 0 unspecified atom stereocenters. The van der Waals surface area contributed by atoms with Gasteiger partial charge in [0.15, 0.2) is 0 Å². The maximum absolute atomic E-state index is 12.9. The van der Waals surface area contributed by atoms with Crippen molar-refractivity contribution in [3.63, 3.8) is 0 Å². The Morgan fingerprint density at radius 3 is 2.36 bits per heavy atom. The molecule has 2 heterocycles. The predicted octanol–water partition coefficient (Wildman–Crippen LogP) is 3.10. The van der Waals surface area contributed by atoms with E-state index in [1.165, 1.54) is 5.56 Å². The maximum Gasteiger partial charge on any atom is 0.227 e. The van der Waals surface area contributed by atoms with Crippen molar-refractivity contribution in [3.05, 3.63) is 71.8 Å². The standard InChI is InChI=1S/C24H30N2O2/c27-22-12-15-25(17-21-10-5-2-6-11-21)18-24(22)13-7-14-26(19-24)23(28)16-20-8-3-1-4-9-20/h1-6,8-11,22,27H,7,12-19H2/t22-,24-/m1/s1. The molecule has 2 aliphatic rings. The highest BCUT2D eigenvalue weighted by molar-refractivity contribution is 5.79. The first-order chi connectivity index (χ1) is 13.6. The lowest BCUT2D eigenvalue weighted by Crippen LogP contribution is -2.59. The van der Waals surface area contributed by atoms with Crippen LogP contribution in [0.15, 0.2) is 60.7 Å². The lowest BCUT2D eigenvalue weighted by atomic mass is 9.71. The number of hydrogen-bond donors (Lipinski definition) is 1. The first-order valence-electron chi connectivity index (χ1n) is 10.4. The second-order valence-electron chi connectivity index (χ2n) is 8.44. The largest absolute Gasteiger partial charge is 0.392 e. The fourth-order valence-electron chi connectivity index (χ4n) is 4.87. The summed E-state index contributed by atoms with van der Waals surface area (Å²) < 4.78 is 0. The SMILES string of the molecule is O=C(Cc1ccccc1)N1CCC[C@@]2(CN(Cc3ccccc3)CC[C@H]2O)C1. The molecule has 2 saturated heterocycles. The topological polar surface area (TPSA) is 43.8 Å². The summed E-state index contributed by atoms with van der Waals surface area (Å²) in [5.74, 6) is 0.178. The molecule has 0 aliphatic carbocycles.